The van der Waals surface area contributed by atoms with E-state index in [9.17, 15) is 8.42 Å². The summed E-state index contributed by atoms with van der Waals surface area (Å²) in [6.07, 6.45) is 3.29. The van der Waals surface area contributed by atoms with Gasteiger partial charge in [0.05, 0.1) is 18.0 Å². The van der Waals surface area contributed by atoms with Crippen molar-refractivity contribution in [2.45, 2.75) is 26.3 Å². The molecule has 0 spiro atoms. The van der Waals surface area contributed by atoms with E-state index in [0.717, 1.165) is 17.3 Å². The Balaban J connectivity index is 0.000000431. The number of furan rings is 1. The number of nitrogens with one attached hydrogen (secondary N) is 1. The molecule has 0 amide bonds. The lowest BCUT2D eigenvalue weighted by atomic mass is 10.2. The van der Waals surface area contributed by atoms with Crippen molar-refractivity contribution in [3.05, 3.63) is 41.6 Å². The molecule has 154 valence electrons. The molecule has 4 aromatic rings. The standard InChI is InChI=1S/C17H16ClN5O.CH4O3S/c1-3-10(2)19-17-20-13-7-6-11(18)9-12(13)16-21-15(22-23(16)17)14-5-4-8-24-14;1-5(2,3)4/h4-10H,3H2,1-2H3,(H,19,20);1H3,(H,2,3,4). The fraction of sp³-hybridized carbons (Fsp3) is 0.278. The highest BCUT2D eigenvalue weighted by molar-refractivity contribution is 7.85. The summed E-state index contributed by atoms with van der Waals surface area (Å²) in [5.74, 6) is 1.78. The van der Waals surface area contributed by atoms with Gasteiger partial charge in [-0.3, -0.25) is 4.55 Å². The van der Waals surface area contributed by atoms with Gasteiger partial charge in [0.25, 0.3) is 10.1 Å². The van der Waals surface area contributed by atoms with Crippen molar-refractivity contribution in [1.82, 2.24) is 19.6 Å². The molecule has 3 aromatic heterocycles. The average Bonchev–Trinajstić information content (AvgIpc) is 3.30. The minimum Gasteiger partial charge on any atom is -0.461 e. The fourth-order valence-electron chi connectivity index (χ4n) is 2.51. The largest absolute Gasteiger partial charge is 0.461 e. The molecule has 0 bridgehead atoms. The van der Waals surface area contributed by atoms with Crippen LogP contribution in [0.15, 0.2) is 41.0 Å². The first kappa shape index (κ1) is 21.0. The van der Waals surface area contributed by atoms with E-state index in [1.165, 1.54) is 0 Å². The van der Waals surface area contributed by atoms with Gasteiger partial charge in [-0.25, -0.2) is 9.97 Å². The summed E-state index contributed by atoms with van der Waals surface area (Å²) >= 11 is 6.15. The Morgan fingerprint density at radius 2 is 2.03 bits per heavy atom. The van der Waals surface area contributed by atoms with Gasteiger partial charge >= 0.3 is 0 Å². The zero-order valence-corrected chi connectivity index (χ0v) is 17.6. The first-order valence-electron chi connectivity index (χ1n) is 8.74. The zero-order chi connectivity index (χ0) is 21.2. The molecular weight excluding hydrogens is 418 g/mol. The van der Waals surface area contributed by atoms with Crippen molar-refractivity contribution in [3.63, 3.8) is 0 Å². The second kappa shape index (κ2) is 8.36. The molecule has 0 aliphatic heterocycles. The molecule has 0 radical (unpaired) electrons. The van der Waals surface area contributed by atoms with Crippen molar-refractivity contribution in [1.29, 1.82) is 0 Å². The maximum atomic E-state index is 9.19. The molecule has 0 aliphatic rings. The minimum atomic E-state index is -3.67. The topological polar surface area (TPSA) is 123 Å². The van der Waals surface area contributed by atoms with Gasteiger partial charge in [0.1, 0.15) is 0 Å². The normalized spacial score (nSPS) is 12.6. The third kappa shape index (κ3) is 5.22. The molecule has 0 fully saturated rings. The maximum Gasteiger partial charge on any atom is 0.261 e. The quantitative estimate of drug-likeness (QED) is 0.461. The van der Waals surface area contributed by atoms with Crippen LogP contribution in [0.1, 0.15) is 20.3 Å². The molecule has 2 N–H and O–H groups in total. The lowest BCUT2D eigenvalue weighted by molar-refractivity contribution is 0.490. The monoisotopic (exact) mass is 437 g/mol. The van der Waals surface area contributed by atoms with Crippen LogP contribution in [0, 0.1) is 0 Å². The molecule has 1 unspecified atom stereocenters. The molecule has 3 heterocycles. The van der Waals surface area contributed by atoms with Crippen LogP contribution in [0.4, 0.5) is 5.95 Å². The highest BCUT2D eigenvalue weighted by Crippen LogP contribution is 2.26. The van der Waals surface area contributed by atoms with Crippen LogP contribution in [0.3, 0.4) is 0 Å². The summed E-state index contributed by atoms with van der Waals surface area (Å²) in [5.41, 5.74) is 1.51. The molecule has 4 rings (SSSR count). The van der Waals surface area contributed by atoms with Crippen LogP contribution in [-0.4, -0.2) is 44.9 Å². The summed E-state index contributed by atoms with van der Waals surface area (Å²) in [5, 5.41) is 9.44. The summed E-state index contributed by atoms with van der Waals surface area (Å²) in [7, 11) is -3.67. The molecule has 9 nitrogen and oxygen atoms in total. The number of nitrogens with zero attached hydrogens (tertiary/aromatic N) is 4. The third-order valence-corrected chi connectivity index (χ3v) is 4.20. The summed E-state index contributed by atoms with van der Waals surface area (Å²) < 4.78 is 33.0. The van der Waals surface area contributed by atoms with Gasteiger partial charge in [-0.2, -0.15) is 12.9 Å². The predicted molar refractivity (Wildman–Crippen MR) is 112 cm³/mol. The predicted octanol–water partition coefficient (Wildman–Crippen LogP) is 3.91. The van der Waals surface area contributed by atoms with Crippen molar-refractivity contribution in [3.8, 4) is 11.6 Å². The second-order valence-corrected chi connectivity index (χ2v) is 8.33. The summed E-state index contributed by atoms with van der Waals surface area (Å²) in [4.78, 5) is 9.32. The van der Waals surface area contributed by atoms with Crippen LogP contribution < -0.4 is 5.32 Å². The average molecular weight is 438 g/mol. The molecule has 0 saturated heterocycles. The lowest BCUT2D eigenvalue weighted by Gasteiger charge is -2.13. The number of benzene rings is 1. The highest BCUT2D eigenvalue weighted by atomic mass is 35.5. The summed E-state index contributed by atoms with van der Waals surface area (Å²) in [6, 6.07) is 9.48. The van der Waals surface area contributed by atoms with Crippen molar-refractivity contribution < 1.29 is 17.4 Å². The number of aromatic nitrogens is 4. The van der Waals surface area contributed by atoms with E-state index in [4.69, 9.17) is 20.6 Å². The van der Waals surface area contributed by atoms with Crippen molar-refractivity contribution in [2.75, 3.05) is 11.6 Å². The van der Waals surface area contributed by atoms with Crippen LogP contribution in [0.2, 0.25) is 5.02 Å². The van der Waals surface area contributed by atoms with E-state index < -0.39 is 10.1 Å². The van der Waals surface area contributed by atoms with E-state index in [0.29, 0.717) is 34.5 Å². The van der Waals surface area contributed by atoms with Gasteiger partial charge in [-0.05, 0) is 43.7 Å². The van der Waals surface area contributed by atoms with Gasteiger partial charge < -0.3 is 9.73 Å². The first-order valence-corrected chi connectivity index (χ1v) is 11.0. The molecule has 0 aliphatic carbocycles. The van der Waals surface area contributed by atoms with Gasteiger partial charge in [0.2, 0.25) is 11.8 Å². The second-order valence-electron chi connectivity index (χ2n) is 6.43. The number of fused-ring (bicyclic) bond motifs is 3. The third-order valence-electron chi connectivity index (χ3n) is 3.96. The van der Waals surface area contributed by atoms with Crippen LogP contribution in [0.25, 0.3) is 28.1 Å². The summed E-state index contributed by atoms with van der Waals surface area (Å²) in [6.45, 7) is 4.22. The first-order chi connectivity index (χ1) is 13.7. The Hall–Kier alpha value is -2.69. The maximum absolute atomic E-state index is 9.19. The SMILES string of the molecule is CCC(C)Nc1nc2ccc(Cl)cc2c2nc(-c3ccco3)nn12.CS(=O)(=O)O. The Bertz CT molecular complexity index is 1230. The van der Waals surface area contributed by atoms with E-state index in [1.54, 1.807) is 10.8 Å². The molecular formula is C18H20ClN5O4S. The zero-order valence-electron chi connectivity index (χ0n) is 16.0. The number of hydrogen-bond donors (Lipinski definition) is 2. The van der Waals surface area contributed by atoms with Gasteiger partial charge in [-0.1, -0.05) is 18.5 Å². The Morgan fingerprint density at radius 1 is 1.31 bits per heavy atom. The van der Waals surface area contributed by atoms with Crippen LogP contribution >= 0.6 is 11.6 Å². The molecule has 0 saturated carbocycles. The lowest BCUT2D eigenvalue weighted by Crippen LogP contribution is -2.17. The van der Waals surface area contributed by atoms with E-state index in [2.05, 4.69) is 34.2 Å². The Kier molecular flexibility index (Phi) is 6.06. The Labute approximate surface area is 172 Å². The highest BCUT2D eigenvalue weighted by Gasteiger charge is 2.16. The van der Waals surface area contributed by atoms with Crippen LogP contribution in [-0.2, 0) is 10.1 Å². The Morgan fingerprint density at radius 3 is 2.66 bits per heavy atom. The van der Waals surface area contributed by atoms with E-state index >= 15 is 0 Å². The number of rotatable bonds is 4. The van der Waals surface area contributed by atoms with Crippen molar-refractivity contribution in [2.24, 2.45) is 0 Å². The van der Waals surface area contributed by atoms with Gasteiger partial charge in [0, 0.05) is 16.5 Å². The van der Waals surface area contributed by atoms with Gasteiger partial charge in [0.15, 0.2) is 11.4 Å². The molecule has 1 atom stereocenters. The van der Waals surface area contributed by atoms with Crippen LogP contribution in [0.5, 0.6) is 0 Å². The fourth-order valence-corrected chi connectivity index (χ4v) is 2.68. The molecule has 11 heteroatoms. The van der Waals surface area contributed by atoms with E-state index in [1.807, 2.05) is 30.3 Å². The number of anilines is 1. The van der Waals surface area contributed by atoms with Crippen molar-refractivity contribution >= 4 is 44.2 Å². The smallest absolute Gasteiger partial charge is 0.261 e. The number of hydrogen-bond acceptors (Lipinski definition) is 7. The molecule has 29 heavy (non-hydrogen) atoms. The minimum absolute atomic E-state index is 0.265. The molecule has 1 aromatic carbocycles. The van der Waals surface area contributed by atoms with Gasteiger partial charge in [-0.15, -0.1) is 5.10 Å². The number of halogens is 1. The van der Waals surface area contributed by atoms with E-state index in [-0.39, 0.29) is 6.04 Å².